The molecular weight excluding hydrogens is 443 g/mol. The normalized spacial score (nSPS) is 18.2. The van der Waals surface area contributed by atoms with Crippen molar-refractivity contribution in [1.82, 2.24) is 9.80 Å². The molecule has 1 fully saturated rings. The second kappa shape index (κ2) is 8.23. The van der Waals surface area contributed by atoms with Crippen LogP contribution in [0.2, 0.25) is 0 Å². The van der Waals surface area contributed by atoms with Crippen molar-refractivity contribution in [2.75, 3.05) is 20.1 Å². The maximum absolute atomic E-state index is 13.2. The van der Waals surface area contributed by atoms with Crippen molar-refractivity contribution in [1.29, 1.82) is 0 Å². The Bertz CT molecular complexity index is 1170. The molecule has 2 heterocycles. The number of halogens is 3. The first-order valence-corrected chi connectivity index (χ1v) is 11.6. The molecule has 0 unspecified atom stereocenters. The fourth-order valence-corrected chi connectivity index (χ4v) is 5.46. The summed E-state index contributed by atoms with van der Waals surface area (Å²) < 4.78 is 68.2. The van der Waals surface area contributed by atoms with Crippen molar-refractivity contribution >= 4 is 21.8 Å². The van der Waals surface area contributed by atoms with Crippen molar-refractivity contribution in [3.8, 4) is 0 Å². The van der Waals surface area contributed by atoms with Gasteiger partial charge in [0.15, 0.2) is 5.84 Å². The zero-order chi connectivity index (χ0) is 23.1. The zero-order valence-electron chi connectivity index (χ0n) is 17.3. The third-order valence-corrected chi connectivity index (χ3v) is 7.19. The van der Waals surface area contributed by atoms with Crippen LogP contribution in [-0.4, -0.2) is 50.1 Å². The van der Waals surface area contributed by atoms with Crippen LogP contribution in [0.5, 0.6) is 0 Å². The Balaban J connectivity index is 1.42. The number of sulfonamides is 1. The van der Waals surface area contributed by atoms with Gasteiger partial charge in [-0.2, -0.15) is 21.6 Å². The number of fused-ring (bicyclic) bond motifs is 1. The van der Waals surface area contributed by atoms with E-state index < -0.39 is 21.8 Å². The number of benzene rings is 2. The van der Waals surface area contributed by atoms with Crippen LogP contribution in [-0.2, 0) is 27.5 Å². The monoisotopic (exact) mass is 465 g/mol. The quantitative estimate of drug-likeness (QED) is 0.696. The summed E-state index contributed by atoms with van der Waals surface area (Å²) in [6.07, 6.45) is -3.55. The Morgan fingerprint density at radius 1 is 1.09 bits per heavy atom. The Morgan fingerprint density at radius 3 is 2.41 bits per heavy atom. The largest absolute Gasteiger partial charge is 0.416 e. The lowest BCUT2D eigenvalue weighted by Crippen LogP contribution is -2.43. The van der Waals surface area contributed by atoms with Gasteiger partial charge in [-0.05, 0) is 36.6 Å². The molecule has 0 spiro atoms. The summed E-state index contributed by atoms with van der Waals surface area (Å²) >= 11 is 0. The minimum absolute atomic E-state index is 0.0513. The van der Waals surface area contributed by atoms with Gasteiger partial charge >= 0.3 is 6.18 Å². The van der Waals surface area contributed by atoms with Crippen molar-refractivity contribution < 1.29 is 26.4 Å². The molecule has 4 rings (SSSR count). The van der Waals surface area contributed by atoms with Gasteiger partial charge in [0, 0.05) is 38.2 Å². The number of amides is 1. The van der Waals surface area contributed by atoms with Crippen LogP contribution >= 0.6 is 0 Å². The SMILES string of the molecule is CN(Cc1ccccc1C(F)(F)F)C(=O)C1CCN(C2=NS(=O)(=O)c3ccccc32)CC1. The topological polar surface area (TPSA) is 70.1 Å². The number of nitrogens with zero attached hydrogens (tertiary/aromatic N) is 3. The lowest BCUT2D eigenvalue weighted by atomic mass is 9.94. The van der Waals surface area contributed by atoms with E-state index in [4.69, 9.17) is 0 Å². The van der Waals surface area contributed by atoms with Crippen LogP contribution in [0.4, 0.5) is 13.2 Å². The van der Waals surface area contributed by atoms with E-state index in [0.29, 0.717) is 37.3 Å². The molecule has 170 valence electrons. The molecule has 6 nitrogen and oxygen atoms in total. The Hall–Kier alpha value is -2.88. The van der Waals surface area contributed by atoms with Crippen molar-refractivity contribution in [2.45, 2.75) is 30.5 Å². The first-order valence-electron chi connectivity index (χ1n) is 10.2. The van der Waals surface area contributed by atoms with E-state index in [0.717, 1.165) is 6.07 Å². The van der Waals surface area contributed by atoms with Gasteiger partial charge in [0.05, 0.1) is 5.56 Å². The van der Waals surface area contributed by atoms with Crippen LogP contribution in [0.15, 0.2) is 57.8 Å². The molecule has 0 radical (unpaired) electrons. The van der Waals surface area contributed by atoms with Gasteiger partial charge < -0.3 is 9.80 Å². The highest BCUT2D eigenvalue weighted by Gasteiger charge is 2.36. The zero-order valence-corrected chi connectivity index (χ0v) is 18.2. The number of carbonyl (C=O) groups excluding carboxylic acids is 1. The standard InChI is InChI=1S/C22H22F3N3O3S/c1-27(14-16-6-2-4-8-18(16)22(23,24)25)21(29)15-10-12-28(13-11-15)20-17-7-3-5-9-19(17)32(30,31)26-20/h2-9,15H,10-14H2,1H3. The van der Waals surface area contributed by atoms with E-state index in [1.54, 1.807) is 18.2 Å². The summed E-state index contributed by atoms with van der Waals surface area (Å²) in [6.45, 7) is 0.741. The first kappa shape index (κ1) is 22.3. The molecule has 10 heteroatoms. The van der Waals surface area contributed by atoms with Crippen LogP contribution in [0.3, 0.4) is 0 Å². The third kappa shape index (κ3) is 4.23. The average Bonchev–Trinajstić information content (AvgIpc) is 3.04. The van der Waals surface area contributed by atoms with Crippen molar-refractivity contribution in [3.05, 3.63) is 65.2 Å². The summed E-state index contributed by atoms with van der Waals surface area (Å²) in [6, 6.07) is 11.9. The fraction of sp³-hybridized carbons (Fsp3) is 0.364. The van der Waals surface area contributed by atoms with Crippen LogP contribution < -0.4 is 0 Å². The molecule has 0 aliphatic carbocycles. The molecule has 0 saturated carbocycles. The fourth-order valence-electron chi connectivity index (χ4n) is 4.23. The first-order chi connectivity index (χ1) is 15.1. The number of likely N-dealkylation sites (tertiary alicyclic amines) is 1. The van der Waals surface area contributed by atoms with Crippen LogP contribution in [0.1, 0.15) is 29.5 Å². The van der Waals surface area contributed by atoms with E-state index >= 15 is 0 Å². The average molecular weight is 465 g/mol. The second-order valence-electron chi connectivity index (χ2n) is 8.00. The van der Waals surface area contributed by atoms with Gasteiger partial charge in [0.1, 0.15) is 4.90 Å². The number of amidine groups is 1. The minimum Gasteiger partial charge on any atom is -0.355 e. The number of piperidine rings is 1. The predicted molar refractivity (Wildman–Crippen MR) is 112 cm³/mol. The van der Waals surface area contributed by atoms with E-state index in [1.165, 1.54) is 36.2 Å². The summed E-state index contributed by atoms with van der Waals surface area (Å²) in [5.74, 6) is -0.176. The molecule has 2 aromatic carbocycles. The lowest BCUT2D eigenvalue weighted by molar-refractivity contribution is -0.140. The minimum atomic E-state index is -4.48. The highest BCUT2D eigenvalue weighted by molar-refractivity contribution is 7.90. The van der Waals surface area contributed by atoms with E-state index in [2.05, 4.69) is 4.40 Å². The maximum atomic E-state index is 13.2. The number of hydrogen-bond acceptors (Lipinski definition) is 4. The molecule has 1 amide bonds. The summed E-state index contributed by atoms with van der Waals surface area (Å²) in [5.41, 5.74) is -0.137. The third-order valence-electron chi connectivity index (χ3n) is 5.86. The molecular formula is C22H22F3N3O3S. The smallest absolute Gasteiger partial charge is 0.355 e. The van der Waals surface area contributed by atoms with E-state index in [1.807, 2.05) is 4.90 Å². The van der Waals surface area contributed by atoms with Gasteiger partial charge in [-0.15, -0.1) is 4.40 Å². The van der Waals surface area contributed by atoms with Gasteiger partial charge in [-0.3, -0.25) is 4.79 Å². The van der Waals surface area contributed by atoms with E-state index in [-0.39, 0.29) is 28.8 Å². The van der Waals surface area contributed by atoms with Crippen molar-refractivity contribution in [3.63, 3.8) is 0 Å². The molecule has 0 bridgehead atoms. The molecule has 2 aliphatic heterocycles. The highest BCUT2D eigenvalue weighted by Crippen LogP contribution is 2.33. The number of rotatable bonds is 3. The molecule has 2 aromatic rings. The predicted octanol–water partition coefficient (Wildman–Crippen LogP) is 3.52. The molecule has 0 atom stereocenters. The highest BCUT2D eigenvalue weighted by atomic mass is 32.2. The lowest BCUT2D eigenvalue weighted by Gasteiger charge is -2.34. The molecule has 0 N–H and O–H groups in total. The summed E-state index contributed by atoms with van der Waals surface area (Å²) in [4.78, 5) is 16.3. The number of alkyl halides is 3. The van der Waals surface area contributed by atoms with Crippen LogP contribution in [0, 0.1) is 5.92 Å². The Morgan fingerprint density at radius 2 is 1.72 bits per heavy atom. The van der Waals surface area contributed by atoms with Crippen molar-refractivity contribution in [2.24, 2.45) is 10.3 Å². The van der Waals surface area contributed by atoms with Gasteiger partial charge in [0.25, 0.3) is 10.0 Å². The van der Waals surface area contributed by atoms with E-state index in [9.17, 15) is 26.4 Å². The maximum Gasteiger partial charge on any atom is 0.416 e. The van der Waals surface area contributed by atoms with Gasteiger partial charge in [0.2, 0.25) is 5.91 Å². The second-order valence-corrected chi connectivity index (χ2v) is 9.57. The van der Waals surface area contributed by atoms with Gasteiger partial charge in [-0.1, -0.05) is 30.3 Å². The van der Waals surface area contributed by atoms with Gasteiger partial charge in [-0.25, -0.2) is 0 Å². The molecule has 32 heavy (non-hydrogen) atoms. The molecule has 0 aromatic heterocycles. The number of carbonyl (C=O) groups is 1. The van der Waals surface area contributed by atoms with Crippen LogP contribution in [0.25, 0.3) is 0 Å². The number of hydrogen-bond donors (Lipinski definition) is 0. The summed E-state index contributed by atoms with van der Waals surface area (Å²) in [5, 5.41) is 0. The Labute approximate surface area is 184 Å². The summed E-state index contributed by atoms with van der Waals surface area (Å²) in [7, 11) is -2.21. The molecule has 2 aliphatic rings. The Kier molecular flexibility index (Phi) is 5.74. The molecule has 1 saturated heterocycles.